The van der Waals surface area contributed by atoms with Gasteiger partial charge in [0.1, 0.15) is 5.75 Å². The van der Waals surface area contributed by atoms with Crippen LogP contribution in [0.5, 0.6) is 17.2 Å². The molecule has 0 bridgehead atoms. The van der Waals surface area contributed by atoms with Crippen LogP contribution >= 0.6 is 23.2 Å². The van der Waals surface area contributed by atoms with E-state index in [0.717, 1.165) is 6.42 Å². The predicted octanol–water partition coefficient (Wildman–Crippen LogP) is 6.28. The summed E-state index contributed by atoms with van der Waals surface area (Å²) >= 11 is 12.1. The fraction of sp³-hybridized carbons (Fsp3) is 0.0952. The standard InChI is InChI=1S/C21H15Cl2NO2/c22-17-6-7-20(26-19-11-16(14-24)10-18(23)12-19)21(13-17)25-9-8-15-4-2-1-3-5-15/h1-7,10-13H,8-9H2. The average Bonchev–Trinajstić information content (AvgIpc) is 2.64. The first-order chi connectivity index (χ1) is 12.6. The zero-order valence-corrected chi connectivity index (χ0v) is 15.3. The largest absolute Gasteiger partial charge is 0.489 e. The van der Waals surface area contributed by atoms with Gasteiger partial charge in [0.05, 0.1) is 18.2 Å². The number of nitrogens with zero attached hydrogens (tertiary/aromatic N) is 1. The van der Waals surface area contributed by atoms with Crippen LogP contribution in [-0.4, -0.2) is 6.61 Å². The Morgan fingerprint density at radius 3 is 2.42 bits per heavy atom. The van der Waals surface area contributed by atoms with Crippen molar-refractivity contribution in [1.82, 2.24) is 0 Å². The lowest BCUT2D eigenvalue weighted by Crippen LogP contribution is -2.02. The number of nitriles is 1. The zero-order valence-electron chi connectivity index (χ0n) is 13.8. The number of ether oxygens (including phenoxy) is 2. The molecule has 0 heterocycles. The molecule has 0 saturated heterocycles. The van der Waals surface area contributed by atoms with E-state index in [-0.39, 0.29) is 0 Å². The highest BCUT2D eigenvalue weighted by Gasteiger charge is 2.09. The lowest BCUT2D eigenvalue weighted by atomic mass is 10.2. The summed E-state index contributed by atoms with van der Waals surface area (Å²) in [4.78, 5) is 0. The van der Waals surface area contributed by atoms with Crippen molar-refractivity contribution in [2.45, 2.75) is 6.42 Å². The van der Waals surface area contributed by atoms with Crippen molar-refractivity contribution >= 4 is 23.2 Å². The van der Waals surface area contributed by atoms with Crippen LogP contribution in [0.4, 0.5) is 0 Å². The summed E-state index contributed by atoms with van der Waals surface area (Å²) in [5.41, 5.74) is 1.61. The van der Waals surface area contributed by atoms with Gasteiger partial charge >= 0.3 is 0 Å². The topological polar surface area (TPSA) is 42.2 Å². The molecule has 3 aromatic rings. The third-order valence-electron chi connectivity index (χ3n) is 3.63. The molecule has 0 aliphatic carbocycles. The first-order valence-corrected chi connectivity index (χ1v) is 8.74. The van der Waals surface area contributed by atoms with Crippen LogP contribution in [-0.2, 0) is 6.42 Å². The highest BCUT2D eigenvalue weighted by Crippen LogP contribution is 2.35. The molecular formula is C21H15Cl2NO2. The Labute approximate surface area is 162 Å². The Hall–Kier alpha value is -2.67. The van der Waals surface area contributed by atoms with Crippen LogP contribution < -0.4 is 9.47 Å². The van der Waals surface area contributed by atoms with Crippen molar-refractivity contribution < 1.29 is 9.47 Å². The Bertz CT molecular complexity index is 936. The smallest absolute Gasteiger partial charge is 0.169 e. The van der Waals surface area contributed by atoms with Crippen LogP contribution in [0, 0.1) is 11.3 Å². The van der Waals surface area contributed by atoms with E-state index in [2.05, 4.69) is 6.07 Å². The molecule has 3 aromatic carbocycles. The number of hydrogen-bond acceptors (Lipinski definition) is 3. The molecule has 0 saturated carbocycles. The van der Waals surface area contributed by atoms with Crippen LogP contribution in [0.3, 0.4) is 0 Å². The maximum absolute atomic E-state index is 9.06. The van der Waals surface area contributed by atoms with Gasteiger partial charge in [-0.2, -0.15) is 5.26 Å². The van der Waals surface area contributed by atoms with Gasteiger partial charge in [-0.25, -0.2) is 0 Å². The van der Waals surface area contributed by atoms with E-state index in [9.17, 15) is 0 Å². The molecule has 0 N–H and O–H groups in total. The molecule has 26 heavy (non-hydrogen) atoms. The van der Waals surface area contributed by atoms with Gasteiger partial charge in [-0.3, -0.25) is 0 Å². The molecule has 3 rings (SSSR count). The summed E-state index contributed by atoms with van der Waals surface area (Å²) in [5.74, 6) is 1.50. The molecule has 0 spiro atoms. The Morgan fingerprint density at radius 1 is 0.846 bits per heavy atom. The SMILES string of the molecule is N#Cc1cc(Cl)cc(Oc2ccc(Cl)cc2OCCc2ccccc2)c1. The second-order valence-corrected chi connectivity index (χ2v) is 6.44. The van der Waals surface area contributed by atoms with Gasteiger partial charge < -0.3 is 9.47 Å². The third kappa shape index (κ3) is 4.92. The highest BCUT2D eigenvalue weighted by molar-refractivity contribution is 6.31. The van der Waals surface area contributed by atoms with E-state index in [1.54, 1.807) is 36.4 Å². The van der Waals surface area contributed by atoms with Gasteiger partial charge in [-0.15, -0.1) is 0 Å². The van der Waals surface area contributed by atoms with E-state index in [0.29, 0.717) is 39.5 Å². The van der Waals surface area contributed by atoms with E-state index in [4.69, 9.17) is 37.9 Å². The average molecular weight is 384 g/mol. The molecule has 3 nitrogen and oxygen atoms in total. The van der Waals surface area contributed by atoms with Gasteiger partial charge in [0.25, 0.3) is 0 Å². The minimum Gasteiger partial charge on any atom is -0.489 e. The molecule has 5 heteroatoms. The van der Waals surface area contributed by atoms with Crippen molar-refractivity contribution in [2.24, 2.45) is 0 Å². The maximum atomic E-state index is 9.06. The van der Waals surface area contributed by atoms with Crippen molar-refractivity contribution in [1.29, 1.82) is 5.26 Å². The van der Waals surface area contributed by atoms with E-state index in [1.165, 1.54) is 5.56 Å². The fourth-order valence-corrected chi connectivity index (χ4v) is 2.80. The van der Waals surface area contributed by atoms with E-state index >= 15 is 0 Å². The number of rotatable bonds is 6. The quantitative estimate of drug-likeness (QED) is 0.502. The normalized spacial score (nSPS) is 10.2. The first kappa shape index (κ1) is 18.1. The van der Waals surface area contributed by atoms with Crippen molar-refractivity contribution in [3.8, 4) is 23.3 Å². The van der Waals surface area contributed by atoms with Crippen LogP contribution in [0.1, 0.15) is 11.1 Å². The number of benzene rings is 3. The molecule has 0 fully saturated rings. The minimum absolute atomic E-state index is 0.424. The molecule has 0 unspecified atom stereocenters. The third-order valence-corrected chi connectivity index (χ3v) is 4.08. The molecule has 0 atom stereocenters. The fourth-order valence-electron chi connectivity index (χ4n) is 2.42. The predicted molar refractivity (Wildman–Crippen MR) is 103 cm³/mol. The van der Waals surface area contributed by atoms with Gasteiger partial charge in [0, 0.05) is 22.5 Å². The summed E-state index contributed by atoms with van der Waals surface area (Å²) < 4.78 is 11.7. The Kier molecular flexibility index (Phi) is 6.01. The van der Waals surface area contributed by atoms with Crippen LogP contribution in [0.2, 0.25) is 10.0 Å². The molecule has 0 aliphatic heterocycles. The summed E-state index contributed by atoms with van der Waals surface area (Å²) in [5, 5.41) is 10.0. The maximum Gasteiger partial charge on any atom is 0.169 e. The zero-order chi connectivity index (χ0) is 18.4. The minimum atomic E-state index is 0.424. The second-order valence-electron chi connectivity index (χ2n) is 5.56. The molecule has 130 valence electrons. The lowest BCUT2D eigenvalue weighted by Gasteiger charge is -2.13. The van der Waals surface area contributed by atoms with Gasteiger partial charge in [-0.1, -0.05) is 53.5 Å². The second kappa shape index (κ2) is 8.62. The molecular weight excluding hydrogens is 369 g/mol. The monoisotopic (exact) mass is 383 g/mol. The van der Waals surface area contributed by atoms with Crippen molar-refractivity contribution in [2.75, 3.05) is 6.61 Å². The molecule has 0 aromatic heterocycles. The highest BCUT2D eigenvalue weighted by atomic mass is 35.5. The Morgan fingerprint density at radius 2 is 1.65 bits per heavy atom. The summed E-state index contributed by atoms with van der Waals surface area (Å²) in [6.45, 7) is 0.486. The van der Waals surface area contributed by atoms with Crippen LogP contribution in [0.25, 0.3) is 0 Å². The Balaban J connectivity index is 1.75. The van der Waals surface area contributed by atoms with Gasteiger partial charge in [0.2, 0.25) is 0 Å². The summed E-state index contributed by atoms with van der Waals surface area (Å²) in [6, 6.07) is 22.1. The summed E-state index contributed by atoms with van der Waals surface area (Å²) in [7, 11) is 0. The van der Waals surface area contributed by atoms with Crippen molar-refractivity contribution in [3.63, 3.8) is 0 Å². The van der Waals surface area contributed by atoms with Crippen molar-refractivity contribution in [3.05, 3.63) is 87.9 Å². The van der Waals surface area contributed by atoms with Gasteiger partial charge in [0.15, 0.2) is 11.5 Å². The number of halogens is 2. The van der Waals surface area contributed by atoms with E-state index in [1.807, 2.05) is 30.3 Å². The molecule has 0 aliphatic rings. The lowest BCUT2D eigenvalue weighted by molar-refractivity contribution is 0.306. The van der Waals surface area contributed by atoms with E-state index < -0.39 is 0 Å². The molecule has 0 radical (unpaired) electrons. The summed E-state index contributed by atoms with van der Waals surface area (Å²) in [6.07, 6.45) is 0.766. The van der Waals surface area contributed by atoms with Gasteiger partial charge in [-0.05, 0) is 35.9 Å². The number of hydrogen-bond donors (Lipinski definition) is 0. The first-order valence-electron chi connectivity index (χ1n) is 7.99. The molecule has 0 amide bonds. The van der Waals surface area contributed by atoms with Crippen LogP contribution in [0.15, 0.2) is 66.7 Å².